The van der Waals surface area contributed by atoms with Crippen LogP contribution in [0.4, 0.5) is 0 Å². The molecule has 1 unspecified atom stereocenters. The van der Waals surface area contributed by atoms with Gasteiger partial charge in [0.15, 0.2) is 0 Å². The van der Waals surface area contributed by atoms with Crippen molar-refractivity contribution in [1.82, 2.24) is 0 Å². The van der Waals surface area contributed by atoms with Crippen molar-refractivity contribution in [2.45, 2.75) is 32.3 Å². The first-order chi connectivity index (χ1) is 7.66. The lowest BCUT2D eigenvalue weighted by Crippen LogP contribution is -2.06. The number of hydrogen-bond donors (Lipinski definition) is 0. The monoisotopic (exact) mass is 258 g/mol. The second-order valence-corrected chi connectivity index (χ2v) is 5.35. The Morgan fingerprint density at radius 1 is 1.31 bits per heavy atom. The molecular formula is C13H16Cl2O. The van der Waals surface area contributed by atoms with Gasteiger partial charge in [0.2, 0.25) is 0 Å². The quantitative estimate of drug-likeness (QED) is 0.784. The summed E-state index contributed by atoms with van der Waals surface area (Å²) in [7, 11) is 0. The maximum atomic E-state index is 6.12. The third-order valence-corrected chi connectivity index (χ3v) is 3.77. The molecule has 88 valence electrons. The van der Waals surface area contributed by atoms with Crippen molar-refractivity contribution in [2.75, 3.05) is 6.61 Å². The van der Waals surface area contributed by atoms with Gasteiger partial charge in [-0.25, -0.2) is 0 Å². The zero-order valence-electron chi connectivity index (χ0n) is 9.38. The van der Waals surface area contributed by atoms with Crippen LogP contribution in [0.5, 0.6) is 0 Å². The van der Waals surface area contributed by atoms with E-state index in [-0.39, 0.29) is 0 Å². The van der Waals surface area contributed by atoms with Gasteiger partial charge in [-0.3, -0.25) is 0 Å². The van der Waals surface area contributed by atoms with Gasteiger partial charge < -0.3 is 4.74 Å². The van der Waals surface area contributed by atoms with E-state index in [1.807, 2.05) is 18.2 Å². The van der Waals surface area contributed by atoms with Gasteiger partial charge in [-0.05, 0) is 42.9 Å². The summed E-state index contributed by atoms with van der Waals surface area (Å²) in [5.41, 5.74) is 1.05. The minimum Gasteiger partial charge on any atom is -0.378 e. The Hall–Kier alpha value is -0.240. The fraction of sp³-hybridized carbons (Fsp3) is 0.538. The molecule has 1 heterocycles. The number of rotatable bonds is 3. The molecule has 0 bridgehead atoms. The maximum absolute atomic E-state index is 6.12. The van der Waals surface area contributed by atoms with E-state index >= 15 is 0 Å². The van der Waals surface area contributed by atoms with Crippen LogP contribution in [0, 0.1) is 5.92 Å². The van der Waals surface area contributed by atoms with Crippen LogP contribution in [0.2, 0.25) is 10.0 Å². The lowest BCUT2D eigenvalue weighted by molar-refractivity contribution is 0.101. The fourth-order valence-electron chi connectivity index (χ4n) is 2.16. The molecule has 1 fully saturated rings. The van der Waals surface area contributed by atoms with E-state index in [2.05, 4.69) is 6.92 Å². The highest BCUT2D eigenvalue weighted by atomic mass is 35.5. The molecule has 0 spiro atoms. The average Bonchev–Trinajstić information content (AvgIpc) is 2.63. The molecule has 0 amide bonds. The molecule has 0 saturated carbocycles. The summed E-state index contributed by atoms with van der Waals surface area (Å²) in [6, 6.07) is 5.66. The van der Waals surface area contributed by atoms with Gasteiger partial charge in [-0.2, -0.15) is 0 Å². The van der Waals surface area contributed by atoms with Crippen molar-refractivity contribution in [3.8, 4) is 0 Å². The van der Waals surface area contributed by atoms with Crippen molar-refractivity contribution in [3.05, 3.63) is 33.8 Å². The zero-order valence-corrected chi connectivity index (χ0v) is 10.9. The summed E-state index contributed by atoms with van der Waals surface area (Å²) in [5.74, 6) is 0.687. The Morgan fingerprint density at radius 3 is 2.56 bits per heavy atom. The molecule has 0 radical (unpaired) electrons. The Bertz CT molecular complexity index is 345. The predicted octanol–water partition coefficient (Wildman–Crippen LogP) is 4.35. The zero-order chi connectivity index (χ0) is 11.5. The van der Waals surface area contributed by atoms with Crippen molar-refractivity contribution in [3.63, 3.8) is 0 Å². The summed E-state index contributed by atoms with van der Waals surface area (Å²) in [6.07, 6.45) is 3.44. The first kappa shape index (κ1) is 12.2. The van der Waals surface area contributed by atoms with Crippen LogP contribution in [0.25, 0.3) is 0 Å². The maximum Gasteiger partial charge on any atom is 0.0581 e. The van der Waals surface area contributed by atoms with Crippen molar-refractivity contribution >= 4 is 23.2 Å². The summed E-state index contributed by atoms with van der Waals surface area (Å²) in [4.78, 5) is 0. The molecule has 1 aromatic rings. The molecule has 1 nitrogen and oxygen atoms in total. The molecule has 0 aromatic heterocycles. The molecule has 0 aliphatic carbocycles. The highest BCUT2D eigenvalue weighted by molar-refractivity contribution is 6.35. The van der Waals surface area contributed by atoms with Crippen LogP contribution in [0.1, 0.15) is 25.3 Å². The topological polar surface area (TPSA) is 9.23 Å². The first-order valence-electron chi connectivity index (χ1n) is 5.71. The fourth-order valence-corrected chi connectivity index (χ4v) is 2.75. The smallest absolute Gasteiger partial charge is 0.0581 e. The second-order valence-electron chi connectivity index (χ2n) is 4.54. The molecule has 2 rings (SSSR count). The molecule has 1 aromatic carbocycles. The van der Waals surface area contributed by atoms with Crippen LogP contribution in [-0.2, 0) is 11.2 Å². The Labute approximate surface area is 107 Å². The summed E-state index contributed by atoms with van der Waals surface area (Å²) < 4.78 is 5.68. The summed E-state index contributed by atoms with van der Waals surface area (Å²) >= 11 is 12.2. The van der Waals surface area contributed by atoms with Crippen LogP contribution >= 0.6 is 23.2 Å². The minimum atomic E-state index is 0.377. The first-order valence-corrected chi connectivity index (χ1v) is 6.47. The molecule has 1 aliphatic rings. The third-order valence-electron chi connectivity index (χ3n) is 3.06. The molecule has 0 N–H and O–H groups in total. The second kappa shape index (κ2) is 5.39. The van der Waals surface area contributed by atoms with Crippen LogP contribution in [-0.4, -0.2) is 12.7 Å². The Morgan fingerprint density at radius 2 is 2.00 bits per heavy atom. The SMILES string of the molecule is C[C@H]1COC(CCc2c(Cl)cccc2Cl)C1. The molecule has 16 heavy (non-hydrogen) atoms. The molecule has 3 heteroatoms. The van der Waals surface area contributed by atoms with Gasteiger partial charge in [0, 0.05) is 16.7 Å². The van der Waals surface area contributed by atoms with E-state index in [1.165, 1.54) is 0 Å². The highest BCUT2D eigenvalue weighted by Gasteiger charge is 2.22. The average molecular weight is 259 g/mol. The van der Waals surface area contributed by atoms with Gasteiger partial charge >= 0.3 is 0 Å². The van der Waals surface area contributed by atoms with Crippen LogP contribution in [0.3, 0.4) is 0 Å². The molecule has 2 atom stereocenters. The standard InChI is InChI=1S/C13H16Cl2O/c1-9-7-10(16-8-9)5-6-11-12(14)3-2-4-13(11)15/h2-4,9-10H,5-8H2,1H3/t9-,10?/m1/s1. The van der Waals surface area contributed by atoms with E-state index in [9.17, 15) is 0 Å². The van der Waals surface area contributed by atoms with E-state index < -0.39 is 0 Å². The predicted molar refractivity (Wildman–Crippen MR) is 68.3 cm³/mol. The van der Waals surface area contributed by atoms with Gasteiger partial charge in [0.1, 0.15) is 0 Å². The largest absolute Gasteiger partial charge is 0.378 e. The van der Waals surface area contributed by atoms with E-state index in [4.69, 9.17) is 27.9 Å². The van der Waals surface area contributed by atoms with Gasteiger partial charge in [-0.1, -0.05) is 36.2 Å². The number of hydrogen-bond acceptors (Lipinski definition) is 1. The van der Waals surface area contributed by atoms with Crippen LogP contribution < -0.4 is 0 Å². The summed E-state index contributed by atoms with van der Waals surface area (Å²) in [6.45, 7) is 3.11. The third kappa shape index (κ3) is 2.91. The van der Waals surface area contributed by atoms with Gasteiger partial charge in [0.25, 0.3) is 0 Å². The van der Waals surface area contributed by atoms with Crippen molar-refractivity contribution in [2.24, 2.45) is 5.92 Å². The molecule has 1 saturated heterocycles. The summed E-state index contributed by atoms with van der Waals surface area (Å²) in [5, 5.41) is 1.53. The Balaban J connectivity index is 1.94. The van der Waals surface area contributed by atoms with Gasteiger partial charge in [0.05, 0.1) is 6.10 Å². The number of ether oxygens (including phenoxy) is 1. The minimum absolute atomic E-state index is 0.377. The van der Waals surface area contributed by atoms with Crippen molar-refractivity contribution < 1.29 is 4.74 Å². The number of benzene rings is 1. The van der Waals surface area contributed by atoms with Crippen molar-refractivity contribution in [1.29, 1.82) is 0 Å². The van der Waals surface area contributed by atoms with Crippen LogP contribution in [0.15, 0.2) is 18.2 Å². The lowest BCUT2D eigenvalue weighted by Gasteiger charge is -2.11. The lowest BCUT2D eigenvalue weighted by atomic mass is 10.0. The van der Waals surface area contributed by atoms with Gasteiger partial charge in [-0.15, -0.1) is 0 Å². The highest BCUT2D eigenvalue weighted by Crippen LogP contribution is 2.28. The number of halogens is 2. The normalized spacial score (nSPS) is 24.9. The molecule has 1 aliphatic heterocycles. The molecular weight excluding hydrogens is 243 g/mol. The van der Waals surface area contributed by atoms with E-state index in [1.54, 1.807) is 0 Å². The Kier molecular flexibility index (Phi) is 4.12. The van der Waals surface area contributed by atoms with E-state index in [0.29, 0.717) is 12.0 Å². The van der Waals surface area contributed by atoms with E-state index in [0.717, 1.165) is 41.5 Å².